The van der Waals surface area contributed by atoms with Gasteiger partial charge in [-0.15, -0.1) is 0 Å². The van der Waals surface area contributed by atoms with E-state index in [-0.39, 0.29) is 57.0 Å². The van der Waals surface area contributed by atoms with Crippen LogP contribution in [-0.2, 0) is 32.5 Å². The van der Waals surface area contributed by atoms with E-state index in [1.165, 1.54) is 228 Å². The zero-order chi connectivity index (χ0) is 91.6. The van der Waals surface area contributed by atoms with Crippen LogP contribution in [0.25, 0.3) is 55.0 Å². The summed E-state index contributed by atoms with van der Waals surface area (Å²) >= 11 is 7.16. The van der Waals surface area contributed by atoms with E-state index in [9.17, 15) is 0 Å². The molecule has 0 amide bonds. The van der Waals surface area contributed by atoms with E-state index in [4.69, 9.17) is 11.6 Å². The van der Waals surface area contributed by atoms with Crippen LogP contribution in [-0.4, -0.2) is 65.9 Å². The number of rotatable bonds is 9. The highest BCUT2D eigenvalue weighted by Crippen LogP contribution is 2.64. The lowest BCUT2D eigenvalue weighted by molar-refractivity contribution is 0.195. The number of halogens is 1. The van der Waals surface area contributed by atoms with Crippen LogP contribution in [0.1, 0.15) is 196 Å². The van der Waals surface area contributed by atoms with Crippen molar-refractivity contribution >= 4 is 206 Å². The number of hydrogen-bond acceptors (Lipinski definition) is 4. The number of para-hydroxylation sites is 2. The van der Waals surface area contributed by atoms with Gasteiger partial charge in [-0.1, -0.05) is 343 Å². The number of aromatic nitrogens is 2. The molecular weight excluding hydrogens is 1650 g/mol. The van der Waals surface area contributed by atoms with Crippen LogP contribution in [0, 0.1) is 0 Å². The van der Waals surface area contributed by atoms with Crippen LogP contribution in [0.5, 0.6) is 0 Å². The standard InChI is InChI=1S/C58H68BN3Si2.C40H42BClN2.C18H27NSi2/c1-55(2,3)37-20-29-49-44(32-37)45-33-38(56(4,5)6)34-48-53(45)61(49)50-35-41(60(39-21-25-42(26-22-39)63(9,10)11)40-23-27-43(28-24-40)64(12,13)14)36-51-52(50)59(48)47-19-17-18-46-54(47)62(51)58(8)31-16-15-30-57(46,58)7;1-37(2,3)23-14-15-31-26(18-23)27-19-24(38(4,5)6)20-30-35(27)43(31)32-21-25(42)22-33-34(32)41(30)29-13-11-12-28-36(29)44(33)40(8)17-10-9-16-39(28,40)7;1-20(2,3)17-11-7-15(8-12-17)19-16-9-13-18(14-10-16)21(4,5)6/h17-29,32-36H,15-16,30-31H2,1-14H3;11-15,18-22H,9-10,16-17H2,1-8H3;7-14,19H,1-6H3. The molecule has 2 fully saturated rings. The summed E-state index contributed by atoms with van der Waals surface area (Å²) in [4.78, 5) is 8.24. The molecule has 13 heteroatoms. The van der Waals surface area contributed by atoms with Gasteiger partial charge in [-0.3, -0.25) is 0 Å². The Balaban J connectivity index is 0.000000138. The maximum atomic E-state index is 7.16. The van der Waals surface area contributed by atoms with Crippen molar-refractivity contribution in [2.45, 2.75) is 284 Å². The van der Waals surface area contributed by atoms with Gasteiger partial charge in [0, 0.05) is 105 Å². The van der Waals surface area contributed by atoms with Gasteiger partial charge in [0.1, 0.15) is 0 Å². The van der Waals surface area contributed by atoms with Crippen molar-refractivity contribution in [3.63, 3.8) is 0 Å². The van der Waals surface area contributed by atoms with Crippen molar-refractivity contribution < 1.29 is 0 Å². The van der Waals surface area contributed by atoms with Crippen molar-refractivity contribution in [3.8, 4) is 11.4 Å². The molecule has 4 unspecified atom stereocenters. The molecule has 2 aromatic heterocycles. The Labute approximate surface area is 781 Å². The second-order valence-electron chi connectivity index (χ2n) is 49.2. The third-order valence-electron chi connectivity index (χ3n) is 32.6. The first kappa shape index (κ1) is 87.7. The number of nitrogens with one attached hydrogen (secondary N) is 1. The molecule has 129 heavy (non-hydrogen) atoms. The van der Waals surface area contributed by atoms with Crippen molar-refractivity contribution in [3.05, 3.63) is 257 Å². The van der Waals surface area contributed by atoms with Crippen molar-refractivity contribution in [1.82, 2.24) is 9.13 Å². The fourth-order valence-corrected chi connectivity index (χ4v) is 29.3. The van der Waals surface area contributed by atoms with Gasteiger partial charge in [-0.2, -0.15) is 0 Å². The lowest BCUT2D eigenvalue weighted by Crippen LogP contribution is -2.64. The molecular formula is C116H137B2ClN6Si4. The van der Waals surface area contributed by atoms with Gasteiger partial charge in [0.15, 0.2) is 0 Å². The van der Waals surface area contributed by atoms with Crippen LogP contribution in [0.2, 0.25) is 83.6 Å². The second kappa shape index (κ2) is 29.4. The number of anilines is 9. The number of hydrogen-bond donors (Lipinski definition) is 1. The third-order valence-corrected chi connectivity index (χ3v) is 41.1. The highest BCUT2D eigenvalue weighted by Gasteiger charge is 2.63. The fraction of sp³-hybridized carbons (Fsp3) is 0.379. The second-order valence-corrected chi connectivity index (χ2v) is 69.9. The molecule has 2 saturated carbocycles. The van der Waals surface area contributed by atoms with E-state index in [2.05, 4.69) is 437 Å². The largest absolute Gasteiger partial charge is 0.356 e. The van der Waals surface area contributed by atoms with E-state index in [1.54, 1.807) is 5.56 Å². The first-order valence-corrected chi connectivity index (χ1v) is 62.9. The highest BCUT2D eigenvalue weighted by atomic mass is 35.5. The van der Waals surface area contributed by atoms with Crippen LogP contribution >= 0.6 is 11.6 Å². The summed E-state index contributed by atoms with van der Waals surface area (Å²) in [5.41, 5.74) is 37.1. The van der Waals surface area contributed by atoms with Crippen LogP contribution in [0.15, 0.2) is 218 Å². The lowest BCUT2D eigenvalue weighted by atomic mass is 9.33. The number of nitrogens with zero attached hydrogens (tertiary/aromatic N) is 5. The lowest BCUT2D eigenvalue weighted by Gasteiger charge is -2.52. The first-order chi connectivity index (χ1) is 60.4. The van der Waals surface area contributed by atoms with Gasteiger partial charge in [0.25, 0.3) is 13.4 Å². The van der Waals surface area contributed by atoms with Crippen LogP contribution < -0.4 is 73.5 Å². The van der Waals surface area contributed by atoms with Gasteiger partial charge in [0.2, 0.25) is 0 Å². The molecule has 0 saturated heterocycles. The van der Waals surface area contributed by atoms with Gasteiger partial charge in [0.05, 0.1) is 60.1 Å². The van der Waals surface area contributed by atoms with Gasteiger partial charge in [-0.25, -0.2) is 0 Å². The Hall–Kier alpha value is -9.27. The third kappa shape index (κ3) is 13.6. The minimum absolute atomic E-state index is 0.0102. The van der Waals surface area contributed by atoms with E-state index in [0.29, 0.717) is 0 Å². The van der Waals surface area contributed by atoms with E-state index in [1.807, 2.05) is 0 Å². The summed E-state index contributed by atoms with van der Waals surface area (Å²) in [7, 11) is -5.44. The molecule has 8 heterocycles. The molecule has 660 valence electrons. The number of fused-ring (bicyclic) bond motifs is 20. The van der Waals surface area contributed by atoms with Crippen molar-refractivity contribution in [2.75, 3.05) is 20.0 Å². The molecule has 6 aliphatic heterocycles. The Morgan fingerprint density at radius 3 is 1.02 bits per heavy atom. The quantitative estimate of drug-likeness (QED) is 0.146. The molecule has 8 aliphatic rings. The van der Waals surface area contributed by atoms with Gasteiger partial charge < -0.3 is 29.2 Å². The Morgan fingerprint density at radius 2 is 0.659 bits per heavy atom. The smallest absolute Gasteiger partial charge is 0.252 e. The van der Waals surface area contributed by atoms with E-state index in [0.717, 1.165) is 16.4 Å². The molecule has 22 rings (SSSR count). The summed E-state index contributed by atoms with van der Waals surface area (Å²) in [6.07, 6.45) is 9.92. The summed E-state index contributed by atoms with van der Waals surface area (Å²) in [6, 6.07) is 86.2. The summed E-state index contributed by atoms with van der Waals surface area (Å²) < 4.78 is 5.26. The molecule has 14 aromatic rings. The van der Waals surface area contributed by atoms with E-state index >= 15 is 0 Å². The Kier molecular flexibility index (Phi) is 20.0. The highest BCUT2D eigenvalue weighted by molar-refractivity contribution is 7.01. The topological polar surface area (TPSA) is 31.6 Å². The van der Waals surface area contributed by atoms with Gasteiger partial charge in [-0.05, 0) is 237 Å². The minimum atomic E-state index is -1.52. The predicted molar refractivity (Wildman–Crippen MR) is 579 cm³/mol. The Bertz CT molecular complexity index is 6850. The molecule has 4 atom stereocenters. The molecule has 12 aromatic carbocycles. The monoisotopic (exact) mass is 1780 g/mol. The molecule has 0 radical (unpaired) electrons. The zero-order valence-corrected chi connectivity index (χ0v) is 87.5. The van der Waals surface area contributed by atoms with Crippen molar-refractivity contribution in [2.24, 2.45) is 0 Å². The van der Waals surface area contributed by atoms with Crippen LogP contribution in [0.4, 0.5) is 51.2 Å². The summed E-state index contributed by atoms with van der Waals surface area (Å²) in [5, 5.41) is 15.7. The molecule has 0 bridgehead atoms. The molecule has 6 nitrogen and oxygen atoms in total. The first-order valence-electron chi connectivity index (χ1n) is 48.6. The molecule has 1 N–H and O–H groups in total. The maximum absolute atomic E-state index is 7.16. The minimum Gasteiger partial charge on any atom is -0.356 e. The number of benzene rings is 12. The predicted octanol–water partition coefficient (Wildman–Crippen LogP) is 26.3. The van der Waals surface area contributed by atoms with Crippen LogP contribution in [0.3, 0.4) is 0 Å². The van der Waals surface area contributed by atoms with Gasteiger partial charge >= 0.3 is 0 Å². The molecule has 0 spiro atoms. The normalized spacial score (nSPS) is 19.9. The zero-order valence-electron chi connectivity index (χ0n) is 82.7. The van der Waals surface area contributed by atoms with E-state index < -0.39 is 32.3 Å². The molecule has 2 aliphatic carbocycles. The maximum Gasteiger partial charge on any atom is 0.252 e. The summed E-state index contributed by atoms with van der Waals surface area (Å²) in [5.74, 6) is 0. The van der Waals surface area contributed by atoms with Crippen molar-refractivity contribution in [1.29, 1.82) is 0 Å². The average Bonchev–Trinajstić information content (AvgIpc) is 1.50. The summed E-state index contributed by atoms with van der Waals surface area (Å²) in [6.45, 7) is 67.9. The average molecular weight is 1780 g/mol. The SMILES string of the molecule is CC(C)(C)c1ccc2c(c1)c1cc(C(C)(C)C)cc3c1n2-c1cc(Cl)cc2c1B3c1cccc3c1N2C1(C)CCCCC31C.CC(C)(C)c1ccc2c(c1)c1cc(C(C)(C)C)cc3c1n2-c1cc(N(c2ccc([Si](C)(C)C)cc2)c2ccc([Si](C)(C)C)cc2)cc2c1B3c1cccc3c1N2C1(C)CCCCC31C.C[Si](C)(C)c1ccc(Nc2ccc([Si](C)(C)C)cc2)cc1. The Morgan fingerprint density at radius 1 is 0.333 bits per heavy atom. The fourth-order valence-electron chi connectivity index (χ4n) is 24.5.